The highest BCUT2D eigenvalue weighted by molar-refractivity contribution is 7.99. The molecule has 0 aromatic heterocycles. The van der Waals surface area contributed by atoms with Gasteiger partial charge in [0.1, 0.15) is 0 Å². The lowest BCUT2D eigenvalue weighted by Crippen LogP contribution is -2.38. The molecule has 0 unspecified atom stereocenters. The first kappa shape index (κ1) is 16.8. The second-order valence-corrected chi connectivity index (χ2v) is 6.81. The Morgan fingerprint density at radius 3 is 2.71 bits per heavy atom. The predicted molar refractivity (Wildman–Crippen MR) is 91.1 cm³/mol. The molecule has 0 saturated carbocycles. The van der Waals surface area contributed by atoms with E-state index in [4.69, 9.17) is 4.74 Å². The maximum atomic E-state index is 5.06. The van der Waals surface area contributed by atoms with Gasteiger partial charge in [-0.25, -0.2) is 0 Å². The number of thioether (sulfide) groups is 1. The van der Waals surface area contributed by atoms with E-state index in [1.54, 1.807) is 7.11 Å². The van der Waals surface area contributed by atoms with Gasteiger partial charge in [0, 0.05) is 30.8 Å². The van der Waals surface area contributed by atoms with Gasteiger partial charge in [0.15, 0.2) is 0 Å². The lowest BCUT2D eigenvalue weighted by molar-refractivity contribution is 0.178. The van der Waals surface area contributed by atoms with E-state index in [2.05, 4.69) is 40.5 Å². The lowest BCUT2D eigenvalue weighted by atomic mass is 9.97. The number of methoxy groups -OCH3 is 1. The SMILES string of the molecule is COCCNCC1CCN(CCSc2ccccc2)CC1. The van der Waals surface area contributed by atoms with E-state index in [-0.39, 0.29) is 0 Å². The molecule has 1 aromatic rings. The van der Waals surface area contributed by atoms with Crippen LogP contribution in [-0.2, 0) is 4.74 Å². The molecule has 0 atom stereocenters. The zero-order chi connectivity index (χ0) is 14.8. The number of ether oxygens (including phenoxy) is 1. The topological polar surface area (TPSA) is 24.5 Å². The van der Waals surface area contributed by atoms with Crippen LogP contribution in [0.2, 0.25) is 0 Å². The largest absolute Gasteiger partial charge is 0.383 e. The minimum atomic E-state index is 0.815. The third kappa shape index (κ3) is 6.83. The van der Waals surface area contributed by atoms with Crippen LogP contribution in [0.15, 0.2) is 35.2 Å². The lowest BCUT2D eigenvalue weighted by Gasteiger charge is -2.32. The van der Waals surface area contributed by atoms with Crippen LogP contribution in [0.1, 0.15) is 12.8 Å². The Kier molecular flexibility index (Phi) is 8.18. The summed E-state index contributed by atoms with van der Waals surface area (Å²) < 4.78 is 5.06. The summed E-state index contributed by atoms with van der Waals surface area (Å²) in [4.78, 5) is 4.00. The summed E-state index contributed by atoms with van der Waals surface area (Å²) in [5.41, 5.74) is 0. The molecular weight excluding hydrogens is 280 g/mol. The first-order valence-electron chi connectivity index (χ1n) is 7.98. The standard InChI is InChI=1S/C17H28N2OS/c1-20-13-9-18-15-16-7-10-19(11-8-16)12-14-21-17-5-3-2-4-6-17/h2-6,16,18H,7-15H2,1H3. The Morgan fingerprint density at radius 1 is 1.24 bits per heavy atom. The van der Waals surface area contributed by atoms with Crippen LogP contribution in [0, 0.1) is 5.92 Å². The van der Waals surface area contributed by atoms with Crippen LogP contribution in [0.4, 0.5) is 0 Å². The molecule has 1 heterocycles. The second kappa shape index (κ2) is 10.2. The van der Waals surface area contributed by atoms with Crippen molar-refractivity contribution in [3.05, 3.63) is 30.3 Å². The average molecular weight is 308 g/mol. The third-order valence-electron chi connectivity index (χ3n) is 4.04. The van der Waals surface area contributed by atoms with E-state index in [9.17, 15) is 0 Å². The molecule has 1 aliphatic heterocycles. The summed E-state index contributed by atoms with van der Waals surface area (Å²) in [6.07, 6.45) is 2.66. The number of hydrogen-bond acceptors (Lipinski definition) is 4. The molecule has 1 fully saturated rings. The Balaban J connectivity index is 1.53. The van der Waals surface area contributed by atoms with Crippen LogP contribution in [0.3, 0.4) is 0 Å². The van der Waals surface area contributed by atoms with Crippen molar-refractivity contribution < 1.29 is 4.74 Å². The summed E-state index contributed by atoms with van der Waals surface area (Å²) in [7, 11) is 1.76. The molecule has 0 spiro atoms. The molecule has 21 heavy (non-hydrogen) atoms. The van der Waals surface area contributed by atoms with Crippen molar-refractivity contribution in [2.24, 2.45) is 5.92 Å². The van der Waals surface area contributed by atoms with Crippen LogP contribution in [0.5, 0.6) is 0 Å². The molecule has 1 aliphatic rings. The number of benzene rings is 1. The van der Waals surface area contributed by atoms with Gasteiger partial charge in [-0.15, -0.1) is 11.8 Å². The highest BCUT2D eigenvalue weighted by Gasteiger charge is 2.18. The Labute approximate surface area is 133 Å². The molecule has 118 valence electrons. The highest BCUT2D eigenvalue weighted by Crippen LogP contribution is 2.19. The molecule has 0 bridgehead atoms. The normalized spacial score (nSPS) is 17.2. The van der Waals surface area contributed by atoms with Gasteiger partial charge in [-0.3, -0.25) is 0 Å². The van der Waals surface area contributed by atoms with E-state index in [0.29, 0.717) is 0 Å². The molecule has 0 aliphatic carbocycles. The van der Waals surface area contributed by atoms with Crippen molar-refractivity contribution in [3.63, 3.8) is 0 Å². The molecule has 2 rings (SSSR count). The van der Waals surface area contributed by atoms with Gasteiger partial charge < -0.3 is 15.0 Å². The fourth-order valence-electron chi connectivity index (χ4n) is 2.70. The Morgan fingerprint density at radius 2 is 2.00 bits per heavy atom. The van der Waals surface area contributed by atoms with Gasteiger partial charge in [-0.2, -0.15) is 0 Å². The summed E-state index contributed by atoms with van der Waals surface area (Å²) in [6, 6.07) is 10.7. The van der Waals surface area contributed by atoms with Crippen molar-refractivity contribution >= 4 is 11.8 Å². The van der Waals surface area contributed by atoms with E-state index in [0.717, 1.165) is 25.6 Å². The summed E-state index contributed by atoms with van der Waals surface area (Å²) in [6.45, 7) is 6.66. The monoisotopic (exact) mass is 308 g/mol. The van der Waals surface area contributed by atoms with Gasteiger partial charge in [-0.1, -0.05) is 18.2 Å². The molecular formula is C17H28N2OS. The van der Waals surface area contributed by atoms with E-state index >= 15 is 0 Å². The fourth-order valence-corrected chi connectivity index (χ4v) is 3.64. The number of piperidine rings is 1. The summed E-state index contributed by atoms with van der Waals surface area (Å²) >= 11 is 1.97. The zero-order valence-electron chi connectivity index (χ0n) is 13.1. The van der Waals surface area contributed by atoms with Crippen molar-refractivity contribution in [2.45, 2.75) is 17.7 Å². The van der Waals surface area contributed by atoms with Crippen LogP contribution in [-0.4, -0.2) is 57.1 Å². The predicted octanol–water partition coefficient (Wildman–Crippen LogP) is 2.73. The van der Waals surface area contributed by atoms with E-state index < -0.39 is 0 Å². The van der Waals surface area contributed by atoms with Gasteiger partial charge >= 0.3 is 0 Å². The molecule has 1 N–H and O–H groups in total. The van der Waals surface area contributed by atoms with Gasteiger partial charge in [0.25, 0.3) is 0 Å². The van der Waals surface area contributed by atoms with Gasteiger partial charge in [0.2, 0.25) is 0 Å². The minimum Gasteiger partial charge on any atom is -0.383 e. The van der Waals surface area contributed by atoms with Gasteiger partial charge in [-0.05, 0) is 50.5 Å². The quantitative estimate of drug-likeness (QED) is 0.560. The van der Waals surface area contributed by atoms with Gasteiger partial charge in [0.05, 0.1) is 6.61 Å². The average Bonchev–Trinajstić information content (AvgIpc) is 2.54. The maximum absolute atomic E-state index is 5.06. The van der Waals surface area contributed by atoms with E-state index in [1.165, 1.54) is 43.1 Å². The number of nitrogens with zero attached hydrogens (tertiary/aromatic N) is 1. The van der Waals surface area contributed by atoms with E-state index in [1.807, 2.05) is 11.8 Å². The first-order valence-corrected chi connectivity index (χ1v) is 8.97. The van der Waals surface area contributed by atoms with Crippen molar-refractivity contribution in [2.75, 3.05) is 52.2 Å². The smallest absolute Gasteiger partial charge is 0.0587 e. The molecule has 3 nitrogen and oxygen atoms in total. The summed E-state index contributed by atoms with van der Waals surface area (Å²) in [5.74, 6) is 2.04. The number of rotatable bonds is 9. The highest BCUT2D eigenvalue weighted by atomic mass is 32.2. The van der Waals surface area contributed by atoms with Crippen LogP contribution < -0.4 is 5.32 Å². The summed E-state index contributed by atoms with van der Waals surface area (Å²) in [5, 5.41) is 3.49. The Hall–Kier alpha value is -0.550. The van der Waals surface area contributed by atoms with Crippen molar-refractivity contribution in [1.82, 2.24) is 10.2 Å². The molecule has 0 amide bonds. The minimum absolute atomic E-state index is 0.815. The van der Waals surface area contributed by atoms with Crippen molar-refractivity contribution in [1.29, 1.82) is 0 Å². The number of likely N-dealkylation sites (tertiary alicyclic amines) is 1. The Bertz CT molecular complexity index is 366. The molecule has 1 aromatic carbocycles. The maximum Gasteiger partial charge on any atom is 0.0587 e. The van der Waals surface area contributed by atoms with Crippen LogP contribution in [0.25, 0.3) is 0 Å². The number of nitrogens with one attached hydrogen (secondary N) is 1. The first-order chi connectivity index (χ1) is 10.4. The molecule has 1 saturated heterocycles. The van der Waals surface area contributed by atoms with Crippen molar-refractivity contribution in [3.8, 4) is 0 Å². The zero-order valence-corrected chi connectivity index (χ0v) is 13.9. The van der Waals surface area contributed by atoms with Crippen LogP contribution >= 0.6 is 11.8 Å². The molecule has 0 radical (unpaired) electrons. The number of hydrogen-bond donors (Lipinski definition) is 1. The third-order valence-corrected chi connectivity index (χ3v) is 5.03. The molecule has 4 heteroatoms. The second-order valence-electron chi connectivity index (χ2n) is 5.64. The fraction of sp³-hybridized carbons (Fsp3) is 0.647.